The number of carbonyl (C=O) groups is 2. The minimum absolute atomic E-state index is 0.108. The molecule has 3 N–H and O–H groups in total. The maximum absolute atomic E-state index is 12.3. The summed E-state index contributed by atoms with van der Waals surface area (Å²) in [6.07, 6.45) is 3.98. The zero-order valence-corrected chi connectivity index (χ0v) is 12.6. The van der Waals surface area contributed by atoms with Gasteiger partial charge in [-0.3, -0.25) is 0 Å². The van der Waals surface area contributed by atoms with Crippen molar-refractivity contribution in [2.24, 2.45) is 5.41 Å². The first-order valence-electron chi connectivity index (χ1n) is 7.18. The van der Waals surface area contributed by atoms with Crippen molar-refractivity contribution >= 4 is 12.0 Å². The molecule has 1 aliphatic carbocycles. The molecule has 1 aliphatic rings. The number of carboxylic acids is 1. The second-order valence-electron chi connectivity index (χ2n) is 6.44. The molecular weight excluding hydrogens is 260 g/mol. The number of hydrogen-bond acceptors (Lipinski definition) is 3. The number of carboxylic acid groups (broad SMARTS) is 1. The van der Waals surface area contributed by atoms with E-state index in [-0.39, 0.29) is 19.2 Å². The lowest BCUT2D eigenvalue weighted by Gasteiger charge is -2.33. The minimum atomic E-state index is -1.04. The zero-order chi connectivity index (χ0) is 15.3. The van der Waals surface area contributed by atoms with Crippen molar-refractivity contribution < 1.29 is 19.8 Å². The summed E-state index contributed by atoms with van der Waals surface area (Å²) in [7, 11) is 0. The minimum Gasteiger partial charge on any atom is -0.480 e. The number of rotatable bonds is 5. The molecule has 0 unspecified atom stereocenters. The summed E-state index contributed by atoms with van der Waals surface area (Å²) in [5, 5.41) is 21.0. The molecule has 0 aromatic rings. The molecule has 1 rings (SSSR count). The fourth-order valence-electron chi connectivity index (χ4n) is 2.63. The van der Waals surface area contributed by atoms with Crippen LogP contribution in [0.4, 0.5) is 4.79 Å². The topological polar surface area (TPSA) is 89.9 Å². The summed E-state index contributed by atoms with van der Waals surface area (Å²) >= 11 is 0. The van der Waals surface area contributed by atoms with Crippen molar-refractivity contribution in [3.05, 3.63) is 0 Å². The Morgan fingerprint density at radius 2 is 1.85 bits per heavy atom. The van der Waals surface area contributed by atoms with E-state index in [1.165, 1.54) is 0 Å². The highest BCUT2D eigenvalue weighted by atomic mass is 16.4. The zero-order valence-electron chi connectivity index (χ0n) is 12.6. The van der Waals surface area contributed by atoms with E-state index in [1.54, 1.807) is 25.7 Å². The van der Waals surface area contributed by atoms with Crippen LogP contribution in [0.1, 0.15) is 46.5 Å². The molecule has 2 amide bonds. The van der Waals surface area contributed by atoms with Gasteiger partial charge in [-0.05, 0) is 18.3 Å². The maximum atomic E-state index is 12.3. The first-order valence-corrected chi connectivity index (χ1v) is 7.18. The Kier molecular flexibility index (Phi) is 5.80. The van der Waals surface area contributed by atoms with Crippen LogP contribution in [-0.4, -0.2) is 52.3 Å². The van der Waals surface area contributed by atoms with Gasteiger partial charge in [-0.25, -0.2) is 9.59 Å². The van der Waals surface area contributed by atoms with Crippen molar-refractivity contribution in [3.63, 3.8) is 0 Å². The third-order valence-electron chi connectivity index (χ3n) is 3.75. The number of nitrogens with zero attached hydrogens (tertiary/aromatic N) is 1. The Hall–Kier alpha value is -1.30. The highest BCUT2D eigenvalue weighted by Gasteiger charge is 2.35. The van der Waals surface area contributed by atoms with E-state index in [0.29, 0.717) is 0 Å². The molecule has 6 nitrogen and oxygen atoms in total. The fourth-order valence-corrected chi connectivity index (χ4v) is 2.63. The summed E-state index contributed by atoms with van der Waals surface area (Å²) in [5.74, 6) is -1.04. The summed E-state index contributed by atoms with van der Waals surface area (Å²) in [5.41, 5.74) is -0.567. The van der Waals surface area contributed by atoms with Gasteiger partial charge < -0.3 is 20.4 Å². The highest BCUT2D eigenvalue weighted by molar-refractivity contribution is 5.83. The van der Waals surface area contributed by atoms with Gasteiger partial charge in [-0.1, -0.05) is 33.6 Å². The number of aliphatic carboxylic acids is 1. The van der Waals surface area contributed by atoms with E-state index < -0.39 is 23.5 Å². The van der Waals surface area contributed by atoms with Crippen LogP contribution in [0.15, 0.2) is 0 Å². The third-order valence-corrected chi connectivity index (χ3v) is 3.75. The van der Waals surface area contributed by atoms with Crippen LogP contribution in [0.2, 0.25) is 0 Å². The molecule has 116 valence electrons. The third kappa shape index (κ3) is 4.37. The van der Waals surface area contributed by atoms with Gasteiger partial charge in [0.2, 0.25) is 0 Å². The van der Waals surface area contributed by atoms with Crippen molar-refractivity contribution in [2.45, 2.75) is 58.5 Å². The second-order valence-corrected chi connectivity index (χ2v) is 6.44. The largest absolute Gasteiger partial charge is 0.480 e. The smallest absolute Gasteiger partial charge is 0.326 e. The predicted octanol–water partition coefficient (Wildman–Crippen LogP) is 1.43. The van der Waals surface area contributed by atoms with Crippen molar-refractivity contribution in [2.75, 3.05) is 13.2 Å². The summed E-state index contributed by atoms with van der Waals surface area (Å²) < 4.78 is 0. The standard InChI is InChI=1S/C14H26N2O4/c1-14(2,3)11(12(18)19)15-13(20)16(8-9-17)10-6-4-5-7-10/h10-11,17H,4-9H2,1-3H3,(H,15,20)(H,18,19)/t11-/m0/s1. The molecule has 0 heterocycles. The van der Waals surface area contributed by atoms with E-state index in [0.717, 1.165) is 25.7 Å². The molecule has 0 aliphatic heterocycles. The molecular formula is C14H26N2O4. The monoisotopic (exact) mass is 286 g/mol. The first kappa shape index (κ1) is 16.8. The Morgan fingerprint density at radius 1 is 1.30 bits per heavy atom. The lowest BCUT2D eigenvalue weighted by atomic mass is 9.87. The van der Waals surface area contributed by atoms with Crippen LogP contribution < -0.4 is 5.32 Å². The van der Waals surface area contributed by atoms with Gasteiger partial charge in [0.15, 0.2) is 0 Å². The van der Waals surface area contributed by atoms with Crippen molar-refractivity contribution in [3.8, 4) is 0 Å². The average Bonchev–Trinajstić information content (AvgIpc) is 2.84. The summed E-state index contributed by atoms with van der Waals surface area (Å²) in [4.78, 5) is 25.2. The molecule has 0 aromatic carbocycles. The molecule has 20 heavy (non-hydrogen) atoms. The number of carbonyl (C=O) groups excluding carboxylic acids is 1. The number of nitrogens with one attached hydrogen (secondary N) is 1. The second kappa shape index (κ2) is 6.92. The number of aliphatic hydroxyl groups excluding tert-OH is 1. The summed E-state index contributed by atoms with van der Waals surface area (Å²) in [6.45, 7) is 5.46. The van der Waals surface area contributed by atoms with Crippen LogP contribution >= 0.6 is 0 Å². The van der Waals surface area contributed by atoms with E-state index in [9.17, 15) is 14.7 Å². The van der Waals surface area contributed by atoms with Crippen molar-refractivity contribution in [1.82, 2.24) is 10.2 Å². The van der Waals surface area contributed by atoms with Gasteiger partial charge in [-0.15, -0.1) is 0 Å². The van der Waals surface area contributed by atoms with Gasteiger partial charge >= 0.3 is 12.0 Å². The Bertz CT molecular complexity index is 346. The molecule has 6 heteroatoms. The lowest BCUT2D eigenvalue weighted by molar-refractivity contribution is -0.142. The predicted molar refractivity (Wildman–Crippen MR) is 75.5 cm³/mol. The molecule has 1 fully saturated rings. The molecule has 0 saturated heterocycles. The van der Waals surface area contributed by atoms with Gasteiger partial charge in [-0.2, -0.15) is 0 Å². The molecule has 0 radical (unpaired) electrons. The van der Waals surface area contributed by atoms with E-state index in [2.05, 4.69) is 5.32 Å². The van der Waals surface area contributed by atoms with Gasteiger partial charge in [0.25, 0.3) is 0 Å². The number of hydrogen-bond donors (Lipinski definition) is 3. The SMILES string of the molecule is CC(C)(C)[C@@H](NC(=O)N(CCO)C1CCCC1)C(=O)O. The fraction of sp³-hybridized carbons (Fsp3) is 0.857. The molecule has 0 bridgehead atoms. The Morgan fingerprint density at radius 3 is 2.25 bits per heavy atom. The first-order chi connectivity index (χ1) is 9.27. The summed E-state index contributed by atoms with van der Waals surface area (Å²) in [6, 6.07) is -1.23. The maximum Gasteiger partial charge on any atom is 0.326 e. The van der Waals surface area contributed by atoms with Crippen LogP contribution in [0, 0.1) is 5.41 Å². The molecule has 0 aromatic heterocycles. The number of amides is 2. The molecule has 1 saturated carbocycles. The van der Waals surface area contributed by atoms with Gasteiger partial charge in [0.05, 0.1) is 6.61 Å². The van der Waals surface area contributed by atoms with Crippen LogP contribution in [0.3, 0.4) is 0 Å². The number of urea groups is 1. The molecule has 0 spiro atoms. The van der Waals surface area contributed by atoms with Crippen LogP contribution in [-0.2, 0) is 4.79 Å². The van der Waals surface area contributed by atoms with Gasteiger partial charge in [0.1, 0.15) is 6.04 Å². The average molecular weight is 286 g/mol. The number of aliphatic hydroxyl groups is 1. The highest BCUT2D eigenvalue weighted by Crippen LogP contribution is 2.24. The quantitative estimate of drug-likeness (QED) is 0.713. The van der Waals surface area contributed by atoms with Crippen LogP contribution in [0.25, 0.3) is 0 Å². The van der Waals surface area contributed by atoms with E-state index in [4.69, 9.17) is 5.11 Å². The van der Waals surface area contributed by atoms with Crippen LogP contribution in [0.5, 0.6) is 0 Å². The molecule has 1 atom stereocenters. The van der Waals surface area contributed by atoms with E-state index in [1.807, 2.05) is 0 Å². The van der Waals surface area contributed by atoms with E-state index >= 15 is 0 Å². The lowest BCUT2D eigenvalue weighted by Crippen LogP contribution is -2.55. The Balaban J connectivity index is 2.75. The Labute approximate surface area is 120 Å². The normalized spacial score (nSPS) is 17.8. The van der Waals surface area contributed by atoms with Gasteiger partial charge in [0, 0.05) is 12.6 Å². The van der Waals surface area contributed by atoms with Crippen molar-refractivity contribution in [1.29, 1.82) is 0 Å².